The van der Waals surface area contributed by atoms with Crippen LogP contribution in [0.3, 0.4) is 0 Å². The van der Waals surface area contributed by atoms with Gasteiger partial charge in [0.2, 0.25) is 0 Å². The van der Waals surface area contributed by atoms with Gasteiger partial charge >= 0.3 is 0 Å². The smallest absolute Gasteiger partial charge is 0.168 e. The van der Waals surface area contributed by atoms with E-state index < -0.39 is 0 Å². The van der Waals surface area contributed by atoms with Crippen molar-refractivity contribution in [2.45, 2.75) is 32.8 Å². The predicted molar refractivity (Wildman–Crippen MR) is 106 cm³/mol. The van der Waals surface area contributed by atoms with E-state index in [1.807, 2.05) is 54.6 Å². The van der Waals surface area contributed by atoms with Gasteiger partial charge in [0.1, 0.15) is 0 Å². The van der Waals surface area contributed by atoms with Crippen LogP contribution in [-0.2, 0) is 0 Å². The lowest BCUT2D eigenvalue weighted by atomic mass is 10.1. The fourth-order valence-corrected chi connectivity index (χ4v) is 2.45. The summed E-state index contributed by atoms with van der Waals surface area (Å²) in [6.07, 6.45) is 7.63. The average Bonchev–Trinajstić information content (AvgIpc) is 2.65. The molecule has 2 rings (SSSR count). The van der Waals surface area contributed by atoms with E-state index >= 15 is 0 Å². The molecule has 4 heteroatoms. The van der Waals surface area contributed by atoms with Crippen molar-refractivity contribution < 1.29 is 9.47 Å². The molecule has 0 atom stereocenters. The molecule has 4 nitrogen and oxygen atoms in total. The van der Waals surface area contributed by atoms with Gasteiger partial charge in [-0.15, -0.1) is 0 Å². The summed E-state index contributed by atoms with van der Waals surface area (Å²) in [6.45, 7) is 4.24. The van der Waals surface area contributed by atoms with E-state index in [0.29, 0.717) is 5.69 Å². The number of rotatable bonds is 8. The van der Waals surface area contributed by atoms with Crippen molar-refractivity contribution in [1.29, 1.82) is 0 Å². The van der Waals surface area contributed by atoms with Gasteiger partial charge in [0, 0.05) is 11.8 Å². The molecule has 0 amide bonds. The second kappa shape index (κ2) is 9.52. The standard InChI is InChI=1S/C21H26N2O2/c1-4-17(5-2)25-21-16(10-8-14-20(21)24-3)11-9-15-23-19-13-7-6-12-18(19)22/h6-15,17H,4-5,22H2,1-3H3/b11-9+,23-15?. The molecule has 0 unspecified atom stereocenters. The van der Waals surface area contributed by atoms with Crippen LogP contribution in [0.1, 0.15) is 32.3 Å². The summed E-state index contributed by atoms with van der Waals surface area (Å²) < 4.78 is 11.6. The third-order valence-electron chi connectivity index (χ3n) is 3.94. The lowest BCUT2D eigenvalue weighted by Crippen LogP contribution is -2.14. The minimum Gasteiger partial charge on any atom is -0.493 e. The Morgan fingerprint density at radius 3 is 2.52 bits per heavy atom. The topological polar surface area (TPSA) is 56.8 Å². The van der Waals surface area contributed by atoms with E-state index in [-0.39, 0.29) is 6.10 Å². The molecule has 0 saturated carbocycles. The van der Waals surface area contributed by atoms with Gasteiger partial charge in [-0.3, -0.25) is 4.99 Å². The Labute approximate surface area is 150 Å². The van der Waals surface area contributed by atoms with Crippen molar-refractivity contribution in [2.75, 3.05) is 12.8 Å². The third-order valence-corrected chi connectivity index (χ3v) is 3.94. The van der Waals surface area contributed by atoms with Gasteiger partial charge in [0.25, 0.3) is 0 Å². The predicted octanol–water partition coefficient (Wildman–Crippen LogP) is 5.26. The maximum Gasteiger partial charge on any atom is 0.168 e. The molecular weight excluding hydrogens is 312 g/mol. The molecular formula is C21H26N2O2. The van der Waals surface area contributed by atoms with Crippen LogP contribution >= 0.6 is 0 Å². The summed E-state index contributed by atoms with van der Waals surface area (Å²) in [5.74, 6) is 1.50. The monoisotopic (exact) mass is 338 g/mol. The summed E-state index contributed by atoms with van der Waals surface area (Å²) in [6, 6.07) is 13.4. The number of benzene rings is 2. The van der Waals surface area contributed by atoms with Crippen molar-refractivity contribution in [3.8, 4) is 11.5 Å². The quantitative estimate of drug-likeness (QED) is 0.527. The van der Waals surface area contributed by atoms with Gasteiger partial charge in [0.15, 0.2) is 11.5 Å². The Hall–Kier alpha value is -2.75. The number of aliphatic imine (C=N–C) groups is 1. The number of nitrogens with zero attached hydrogens (tertiary/aromatic N) is 1. The molecule has 0 bridgehead atoms. The summed E-state index contributed by atoms with van der Waals surface area (Å²) >= 11 is 0. The largest absolute Gasteiger partial charge is 0.493 e. The molecule has 0 fully saturated rings. The van der Waals surface area contributed by atoms with Gasteiger partial charge in [-0.2, -0.15) is 0 Å². The van der Waals surface area contributed by atoms with Crippen LogP contribution in [0.4, 0.5) is 11.4 Å². The highest BCUT2D eigenvalue weighted by Gasteiger charge is 2.13. The highest BCUT2D eigenvalue weighted by molar-refractivity contribution is 5.83. The van der Waals surface area contributed by atoms with Crippen molar-refractivity contribution in [2.24, 2.45) is 4.99 Å². The van der Waals surface area contributed by atoms with Crippen LogP contribution < -0.4 is 15.2 Å². The van der Waals surface area contributed by atoms with Crippen LogP contribution in [0.25, 0.3) is 6.08 Å². The number of nitrogens with two attached hydrogens (primary N) is 1. The lowest BCUT2D eigenvalue weighted by molar-refractivity contribution is 0.184. The third kappa shape index (κ3) is 5.11. The van der Waals surface area contributed by atoms with Crippen LogP contribution in [0.5, 0.6) is 11.5 Å². The molecule has 0 radical (unpaired) electrons. The van der Waals surface area contributed by atoms with E-state index in [0.717, 1.165) is 35.6 Å². The van der Waals surface area contributed by atoms with Gasteiger partial charge in [-0.25, -0.2) is 0 Å². The van der Waals surface area contributed by atoms with Crippen LogP contribution in [0, 0.1) is 0 Å². The zero-order valence-corrected chi connectivity index (χ0v) is 15.1. The molecule has 0 spiro atoms. The number of nitrogen functional groups attached to an aromatic ring is 1. The molecule has 0 aliphatic rings. The minimum absolute atomic E-state index is 0.168. The van der Waals surface area contributed by atoms with E-state index in [2.05, 4.69) is 18.8 Å². The average molecular weight is 338 g/mol. The van der Waals surface area contributed by atoms with Crippen LogP contribution in [-0.4, -0.2) is 19.4 Å². The SMILES string of the molecule is CCC(CC)Oc1c(/C=C/C=Nc2ccccc2N)cccc1OC. The molecule has 2 aromatic rings. The molecule has 0 aliphatic carbocycles. The van der Waals surface area contributed by atoms with E-state index in [4.69, 9.17) is 15.2 Å². The minimum atomic E-state index is 0.168. The zero-order valence-electron chi connectivity index (χ0n) is 15.1. The molecule has 0 saturated heterocycles. The van der Waals surface area contributed by atoms with Crippen LogP contribution in [0.2, 0.25) is 0 Å². The maximum absolute atomic E-state index is 6.16. The van der Waals surface area contributed by atoms with Gasteiger partial charge in [-0.05, 0) is 43.2 Å². The first-order valence-corrected chi connectivity index (χ1v) is 8.58. The van der Waals surface area contributed by atoms with Gasteiger partial charge in [-0.1, -0.05) is 38.1 Å². The van der Waals surface area contributed by atoms with Crippen molar-refractivity contribution in [3.63, 3.8) is 0 Å². The molecule has 0 heterocycles. The Kier molecular flexibility index (Phi) is 7.08. The highest BCUT2D eigenvalue weighted by atomic mass is 16.5. The molecule has 2 N–H and O–H groups in total. The number of hydrogen-bond acceptors (Lipinski definition) is 4. The number of anilines is 1. The molecule has 0 aromatic heterocycles. The summed E-state index contributed by atoms with van der Waals surface area (Å²) in [5.41, 5.74) is 8.26. The molecule has 0 aliphatic heterocycles. The van der Waals surface area contributed by atoms with Gasteiger partial charge < -0.3 is 15.2 Å². The summed E-state index contributed by atoms with van der Waals surface area (Å²) in [7, 11) is 1.65. The van der Waals surface area contributed by atoms with Crippen molar-refractivity contribution >= 4 is 23.7 Å². The molecule has 25 heavy (non-hydrogen) atoms. The maximum atomic E-state index is 6.16. The second-order valence-electron chi connectivity index (χ2n) is 5.63. The first kappa shape index (κ1) is 18.6. The number of hydrogen-bond donors (Lipinski definition) is 1. The number of methoxy groups -OCH3 is 1. The number of para-hydroxylation sites is 3. The first-order valence-electron chi connectivity index (χ1n) is 8.58. The summed E-state index contributed by atoms with van der Waals surface area (Å²) in [4.78, 5) is 4.38. The van der Waals surface area contributed by atoms with Gasteiger partial charge in [0.05, 0.1) is 24.6 Å². The second-order valence-corrected chi connectivity index (χ2v) is 5.63. The Morgan fingerprint density at radius 2 is 1.84 bits per heavy atom. The fourth-order valence-electron chi connectivity index (χ4n) is 2.45. The van der Waals surface area contributed by atoms with Crippen molar-refractivity contribution in [1.82, 2.24) is 0 Å². The first-order chi connectivity index (χ1) is 12.2. The lowest BCUT2D eigenvalue weighted by Gasteiger charge is -2.19. The highest BCUT2D eigenvalue weighted by Crippen LogP contribution is 2.33. The number of ether oxygens (including phenoxy) is 2. The summed E-state index contributed by atoms with van der Waals surface area (Å²) in [5, 5.41) is 0. The Bertz CT molecular complexity index is 734. The van der Waals surface area contributed by atoms with E-state index in [1.54, 1.807) is 13.3 Å². The van der Waals surface area contributed by atoms with Crippen molar-refractivity contribution in [3.05, 3.63) is 54.1 Å². The van der Waals surface area contributed by atoms with E-state index in [9.17, 15) is 0 Å². The normalized spacial score (nSPS) is 11.5. The Morgan fingerprint density at radius 1 is 1.08 bits per heavy atom. The molecule has 2 aromatic carbocycles. The molecule has 132 valence electrons. The fraction of sp³-hybridized carbons (Fsp3) is 0.286. The Balaban J connectivity index is 2.22. The zero-order chi connectivity index (χ0) is 18.1. The number of allylic oxidation sites excluding steroid dienone is 1. The van der Waals surface area contributed by atoms with Crippen LogP contribution in [0.15, 0.2) is 53.5 Å². The van der Waals surface area contributed by atoms with E-state index in [1.165, 1.54) is 0 Å².